The van der Waals surface area contributed by atoms with Crippen LogP contribution in [0.1, 0.15) is 35.3 Å². The molecule has 3 aromatic rings. The number of hydrogen-bond acceptors (Lipinski definition) is 4. The Morgan fingerprint density at radius 2 is 1.86 bits per heavy atom. The molecule has 2 aromatic carbocycles. The molecule has 146 valence electrons. The Morgan fingerprint density at radius 1 is 1.07 bits per heavy atom. The predicted octanol–water partition coefficient (Wildman–Crippen LogP) is 4.29. The monoisotopic (exact) mass is 379 g/mol. The van der Waals surface area contributed by atoms with E-state index in [1.165, 1.54) is 0 Å². The summed E-state index contributed by atoms with van der Waals surface area (Å²) in [6.07, 6.45) is 3.45. The highest BCUT2D eigenvalue weighted by Crippen LogP contribution is 2.29. The Morgan fingerprint density at radius 3 is 2.61 bits per heavy atom. The second-order valence-electron chi connectivity index (χ2n) is 6.40. The Kier molecular flexibility index (Phi) is 6.32. The number of aryl methyl sites for hydroxylation is 1. The summed E-state index contributed by atoms with van der Waals surface area (Å²) in [5.41, 5.74) is 3.36. The maximum Gasteiger partial charge on any atom is 0.255 e. The molecule has 0 unspecified atom stereocenters. The van der Waals surface area contributed by atoms with E-state index in [0.717, 1.165) is 22.6 Å². The van der Waals surface area contributed by atoms with Crippen LogP contribution in [0.2, 0.25) is 0 Å². The number of aromatic nitrogens is 2. The van der Waals surface area contributed by atoms with Gasteiger partial charge in [-0.3, -0.25) is 9.48 Å². The van der Waals surface area contributed by atoms with E-state index in [-0.39, 0.29) is 5.91 Å². The molecular weight excluding hydrogens is 354 g/mol. The number of nitrogens with zero attached hydrogens (tertiary/aromatic N) is 2. The Labute approximate surface area is 165 Å². The maximum absolute atomic E-state index is 12.4. The standard InChI is InChI=1S/C22H25N3O3/c1-4-27-20-10-9-17(12-21(20)28-5-2)14-25-15-19(13-23-25)24-22(26)18-8-6-7-16(3)11-18/h6-13,15H,4-5,14H2,1-3H3,(H,24,26). The van der Waals surface area contributed by atoms with Gasteiger partial charge in [-0.25, -0.2) is 0 Å². The van der Waals surface area contributed by atoms with Gasteiger partial charge in [0.2, 0.25) is 0 Å². The summed E-state index contributed by atoms with van der Waals surface area (Å²) in [4.78, 5) is 12.4. The first kappa shape index (κ1) is 19.5. The van der Waals surface area contributed by atoms with E-state index in [1.54, 1.807) is 16.9 Å². The fourth-order valence-corrected chi connectivity index (χ4v) is 2.89. The molecule has 0 aliphatic heterocycles. The van der Waals surface area contributed by atoms with Gasteiger partial charge in [0.05, 0.1) is 31.6 Å². The molecule has 0 aliphatic rings. The van der Waals surface area contributed by atoms with Crippen LogP contribution in [0.5, 0.6) is 11.5 Å². The van der Waals surface area contributed by atoms with Crippen LogP contribution in [-0.4, -0.2) is 28.9 Å². The van der Waals surface area contributed by atoms with E-state index >= 15 is 0 Å². The summed E-state index contributed by atoms with van der Waals surface area (Å²) < 4.78 is 13.0. The topological polar surface area (TPSA) is 65.4 Å². The van der Waals surface area contributed by atoms with Gasteiger partial charge in [-0.05, 0) is 50.6 Å². The van der Waals surface area contributed by atoms with E-state index < -0.39 is 0 Å². The van der Waals surface area contributed by atoms with Crippen LogP contribution < -0.4 is 14.8 Å². The number of carbonyl (C=O) groups is 1. The van der Waals surface area contributed by atoms with E-state index in [1.807, 2.05) is 63.4 Å². The smallest absolute Gasteiger partial charge is 0.255 e. The van der Waals surface area contributed by atoms with Crippen molar-refractivity contribution in [2.45, 2.75) is 27.3 Å². The van der Waals surface area contributed by atoms with Crippen molar-refractivity contribution in [2.24, 2.45) is 0 Å². The molecule has 28 heavy (non-hydrogen) atoms. The number of nitrogens with one attached hydrogen (secondary N) is 1. The summed E-state index contributed by atoms with van der Waals surface area (Å²) in [6.45, 7) is 7.57. The van der Waals surface area contributed by atoms with Crippen molar-refractivity contribution in [1.82, 2.24) is 9.78 Å². The first-order valence-electron chi connectivity index (χ1n) is 9.38. The van der Waals surface area contributed by atoms with Gasteiger partial charge in [0, 0.05) is 11.8 Å². The first-order valence-corrected chi connectivity index (χ1v) is 9.38. The van der Waals surface area contributed by atoms with E-state index in [4.69, 9.17) is 9.47 Å². The Bertz CT molecular complexity index is 950. The summed E-state index contributed by atoms with van der Waals surface area (Å²) >= 11 is 0. The fourth-order valence-electron chi connectivity index (χ4n) is 2.89. The molecular formula is C22H25N3O3. The Hall–Kier alpha value is -3.28. The third-order valence-electron chi connectivity index (χ3n) is 4.12. The molecule has 1 N–H and O–H groups in total. The predicted molar refractivity (Wildman–Crippen MR) is 109 cm³/mol. The zero-order valence-electron chi connectivity index (χ0n) is 16.4. The zero-order chi connectivity index (χ0) is 19.9. The maximum atomic E-state index is 12.4. The van der Waals surface area contributed by atoms with Crippen LogP contribution in [0.3, 0.4) is 0 Å². The van der Waals surface area contributed by atoms with E-state index in [9.17, 15) is 4.79 Å². The van der Waals surface area contributed by atoms with Crippen molar-refractivity contribution in [3.05, 3.63) is 71.5 Å². The van der Waals surface area contributed by atoms with Crippen LogP contribution in [0.15, 0.2) is 54.9 Å². The lowest BCUT2D eigenvalue weighted by Gasteiger charge is -2.12. The molecule has 0 aliphatic carbocycles. The van der Waals surface area contributed by atoms with Gasteiger partial charge >= 0.3 is 0 Å². The van der Waals surface area contributed by atoms with Gasteiger partial charge < -0.3 is 14.8 Å². The SMILES string of the molecule is CCOc1ccc(Cn2cc(NC(=O)c3cccc(C)c3)cn2)cc1OCC. The molecule has 0 saturated heterocycles. The molecule has 0 saturated carbocycles. The molecule has 0 bridgehead atoms. The van der Waals surface area contributed by atoms with Crippen molar-refractivity contribution in [2.75, 3.05) is 18.5 Å². The van der Waals surface area contributed by atoms with Crippen LogP contribution in [0.4, 0.5) is 5.69 Å². The molecule has 6 nitrogen and oxygen atoms in total. The highest BCUT2D eigenvalue weighted by atomic mass is 16.5. The number of carbonyl (C=O) groups excluding carboxylic acids is 1. The number of rotatable bonds is 8. The molecule has 0 radical (unpaired) electrons. The van der Waals surface area contributed by atoms with Crippen molar-refractivity contribution >= 4 is 11.6 Å². The molecule has 3 rings (SSSR count). The van der Waals surface area contributed by atoms with Gasteiger partial charge in [0.1, 0.15) is 0 Å². The van der Waals surface area contributed by atoms with Crippen molar-refractivity contribution < 1.29 is 14.3 Å². The normalized spacial score (nSPS) is 10.5. The molecule has 0 fully saturated rings. The number of benzene rings is 2. The third-order valence-corrected chi connectivity index (χ3v) is 4.12. The number of anilines is 1. The molecule has 0 spiro atoms. The summed E-state index contributed by atoms with van der Waals surface area (Å²) in [5, 5.41) is 7.22. The minimum Gasteiger partial charge on any atom is -0.490 e. The van der Waals surface area contributed by atoms with Gasteiger partial charge in [-0.1, -0.05) is 23.8 Å². The lowest BCUT2D eigenvalue weighted by atomic mass is 10.1. The third kappa shape index (κ3) is 4.91. The quantitative estimate of drug-likeness (QED) is 0.634. The Balaban J connectivity index is 1.69. The lowest BCUT2D eigenvalue weighted by Crippen LogP contribution is -2.11. The fraction of sp³-hybridized carbons (Fsp3) is 0.273. The van der Waals surface area contributed by atoms with Crippen molar-refractivity contribution in [3.63, 3.8) is 0 Å². The number of amides is 1. The average molecular weight is 379 g/mol. The molecule has 1 amide bonds. The van der Waals surface area contributed by atoms with Gasteiger partial charge in [0.15, 0.2) is 11.5 Å². The van der Waals surface area contributed by atoms with Crippen molar-refractivity contribution in [3.8, 4) is 11.5 Å². The molecule has 1 aromatic heterocycles. The van der Waals surface area contributed by atoms with Crippen LogP contribution in [0, 0.1) is 6.92 Å². The second kappa shape index (κ2) is 9.08. The van der Waals surface area contributed by atoms with Gasteiger partial charge in [-0.15, -0.1) is 0 Å². The number of hydrogen-bond donors (Lipinski definition) is 1. The molecule has 1 heterocycles. The minimum atomic E-state index is -0.150. The first-order chi connectivity index (χ1) is 13.6. The summed E-state index contributed by atoms with van der Waals surface area (Å²) in [7, 11) is 0. The van der Waals surface area contributed by atoms with Crippen LogP contribution >= 0.6 is 0 Å². The molecule has 6 heteroatoms. The van der Waals surface area contributed by atoms with Gasteiger partial charge in [-0.2, -0.15) is 5.10 Å². The largest absolute Gasteiger partial charge is 0.490 e. The lowest BCUT2D eigenvalue weighted by molar-refractivity contribution is 0.102. The second-order valence-corrected chi connectivity index (χ2v) is 6.40. The average Bonchev–Trinajstić information content (AvgIpc) is 3.11. The molecule has 0 atom stereocenters. The van der Waals surface area contributed by atoms with Crippen molar-refractivity contribution in [1.29, 1.82) is 0 Å². The summed E-state index contributed by atoms with van der Waals surface area (Å²) in [6, 6.07) is 13.3. The highest BCUT2D eigenvalue weighted by Gasteiger charge is 2.10. The summed E-state index contributed by atoms with van der Waals surface area (Å²) in [5.74, 6) is 1.31. The number of ether oxygens (including phenoxy) is 2. The minimum absolute atomic E-state index is 0.150. The zero-order valence-corrected chi connectivity index (χ0v) is 16.4. The van der Waals surface area contributed by atoms with E-state index in [2.05, 4.69) is 10.4 Å². The highest BCUT2D eigenvalue weighted by molar-refractivity contribution is 6.04. The van der Waals surface area contributed by atoms with E-state index in [0.29, 0.717) is 31.0 Å². The van der Waals surface area contributed by atoms with Crippen LogP contribution in [-0.2, 0) is 6.54 Å². The van der Waals surface area contributed by atoms with Gasteiger partial charge in [0.25, 0.3) is 5.91 Å². The van der Waals surface area contributed by atoms with Crippen LogP contribution in [0.25, 0.3) is 0 Å².